The van der Waals surface area contributed by atoms with E-state index in [2.05, 4.69) is 21.0 Å². The van der Waals surface area contributed by atoms with Crippen LogP contribution in [-0.4, -0.2) is 43.6 Å². The van der Waals surface area contributed by atoms with Gasteiger partial charge in [-0.05, 0) is 6.07 Å². The molecule has 0 atom stereocenters. The van der Waals surface area contributed by atoms with Gasteiger partial charge < -0.3 is 20.8 Å². The van der Waals surface area contributed by atoms with Gasteiger partial charge in [-0.25, -0.2) is 0 Å². The highest BCUT2D eigenvalue weighted by molar-refractivity contribution is 5.99. The quantitative estimate of drug-likeness (QED) is 0.283. The van der Waals surface area contributed by atoms with Crippen LogP contribution < -0.4 is 21.9 Å². The number of nitrogens with zero attached hydrogens (tertiary/aromatic N) is 1. The number of nitrogens with one attached hydrogen (secondary N) is 3. The van der Waals surface area contributed by atoms with Gasteiger partial charge in [-0.15, -0.1) is 0 Å². The Morgan fingerprint density at radius 2 is 2.15 bits per heavy atom. The number of amides is 2. The van der Waals surface area contributed by atoms with Crippen LogP contribution in [0.5, 0.6) is 0 Å². The third-order valence-electron chi connectivity index (χ3n) is 2.49. The van der Waals surface area contributed by atoms with Crippen LogP contribution in [0, 0.1) is 0 Å². The molecule has 1 aromatic rings. The maximum atomic E-state index is 11.9. The van der Waals surface area contributed by atoms with Crippen molar-refractivity contribution < 1.29 is 14.3 Å². The third kappa shape index (κ3) is 5.21. The van der Waals surface area contributed by atoms with E-state index in [1.54, 1.807) is 13.2 Å². The van der Waals surface area contributed by atoms with Gasteiger partial charge in [0.05, 0.1) is 24.1 Å². The number of ether oxygens (including phenoxy) is 1. The highest BCUT2D eigenvalue weighted by Crippen LogP contribution is 2.10. The van der Waals surface area contributed by atoms with E-state index < -0.39 is 0 Å². The Bertz CT molecular complexity index is 452. The summed E-state index contributed by atoms with van der Waals surface area (Å²) in [4.78, 5) is 27.1. The number of pyridine rings is 1. The Hall–Kier alpha value is -2.19. The molecule has 0 aliphatic heterocycles. The smallest absolute Gasteiger partial charge is 0.253 e. The normalized spacial score (nSPS) is 9.90. The molecule has 0 aromatic carbocycles. The highest BCUT2D eigenvalue weighted by Gasteiger charge is 2.10. The van der Waals surface area contributed by atoms with Gasteiger partial charge in [-0.3, -0.25) is 20.4 Å². The van der Waals surface area contributed by atoms with E-state index in [-0.39, 0.29) is 24.8 Å². The van der Waals surface area contributed by atoms with Crippen molar-refractivity contribution in [1.82, 2.24) is 15.6 Å². The summed E-state index contributed by atoms with van der Waals surface area (Å²) in [5.41, 5.74) is 3.20. The summed E-state index contributed by atoms with van der Waals surface area (Å²) in [6, 6.07) is 1.54. The van der Waals surface area contributed by atoms with Crippen molar-refractivity contribution in [2.45, 2.75) is 6.42 Å². The number of hydrazine groups is 1. The molecule has 0 aliphatic rings. The highest BCUT2D eigenvalue weighted by atomic mass is 16.5. The van der Waals surface area contributed by atoms with Gasteiger partial charge in [0.2, 0.25) is 5.91 Å². The molecule has 0 unspecified atom stereocenters. The van der Waals surface area contributed by atoms with Gasteiger partial charge in [0.15, 0.2) is 0 Å². The lowest BCUT2D eigenvalue weighted by Gasteiger charge is -2.09. The fourth-order valence-electron chi connectivity index (χ4n) is 1.47. The molecule has 110 valence electrons. The summed E-state index contributed by atoms with van der Waals surface area (Å²) in [5, 5.41) is 5.30. The summed E-state index contributed by atoms with van der Waals surface area (Å²) >= 11 is 0. The number of nitrogen functional groups attached to an aromatic ring is 1. The van der Waals surface area contributed by atoms with E-state index in [0.29, 0.717) is 24.4 Å². The number of methoxy groups -OCH3 is 1. The van der Waals surface area contributed by atoms with Crippen LogP contribution in [0.2, 0.25) is 0 Å². The number of anilines is 1. The number of hydrogen-bond acceptors (Lipinski definition) is 6. The predicted molar refractivity (Wildman–Crippen MR) is 73.9 cm³/mol. The number of carbonyl (C=O) groups excluding carboxylic acids is 2. The molecule has 20 heavy (non-hydrogen) atoms. The van der Waals surface area contributed by atoms with Gasteiger partial charge in [-0.2, -0.15) is 0 Å². The van der Waals surface area contributed by atoms with E-state index >= 15 is 0 Å². The molecular formula is C12H19N5O3. The Morgan fingerprint density at radius 3 is 2.85 bits per heavy atom. The van der Waals surface area contributed by atoms with Gasteiger partial charge in [0, 0.05) is 32.8 Å². The second kappa shape index (κ2) is 8.83. The predicted octanol–water partition coefficient (Wildman–Crippen LogP) is -0.750. The molecule has 0 radical (unpaired) electrons. The monoisotopic (exact) mass is 281 g/mol. The molecule has 0 saturated heterocycles. The zero-order valence-electron chi connectivity index (χ0n) is 11.3. The lowest BCUT2D eigenvalue weighted by Crippen LogP contribution is -2.32. The summed E-state index contributed by atoms with van der Waals surface area (Å²) in [5.74, 6) is 4.83. The fourth-order valence-corrected chi connectivity index (χ4v) is 1.47. The van der Waals surface area contributed by atoms with Crippen LogP contribution in [0.1, 0.15) is 16.8 Å². The average molecular weight is 281 g/mol. The first kappa shape index (κ1) is 15.9. The number of aromatic nitrogens is 1. The van der Waals surface area contributed by atoms with E-state index in [1.807, 2.05) is 0 Å². The van der Waals surface area contributed by atoms with E-state index in [0.717, 1.165) is 0 Å². The first-order chi connectivity index (χ1) is 9.69. The molecule has 2 amide bonds. The molecule has 8 nitrogen and oxygen atoms in total. The summed E-state index contributed by atoms with van der Waals surface area (Å²) in [6.07, 6.45) is 3.14. The third-order valence-corrected chi connectivity index (χ3v) is 2.49. The number of hydrogen-bond donors (Lipinski definition) is 4. The zero-order chi connectivity index (χ0) is 14.8. The van der Waals surface area contributed by atoms with Gasteiger partial charge in [0.25, 0.3) is 5.91 Å². The van der Waals surface area contributed by atoms with Crippen molar-refractivity contribution >= 4 is 17.5 Å². The van der Waals surface area contributed by atoms with Crippen LogP contribution in [0.3, 0.4) is 0 Å². The Balaban J connectivity index is 2.34. The summed E-state index contributed by atoms with van der Waals surface area (Å²) in [7, 11) is 1.56. The summed E-state index contributed by atoms with van der Waals surface area (Å²) in [6.45, 7) is 1.15. The number of rotatable bonds is 8. The largest absolute Gasteiger partial charge is 0.383 e. The van der Waals surface area contributed by atoms with Gasteiger partial charge in [0.1, 0.15) is 0 Å². The molecule has 0 bridgehead atoms. The van der Waals surface area contributed by atoms with Crippen molar-refractivity contribution in [3.8, 4) is 0 Å². The minimum Gasteiger partial charge on any atom is -0.383 e. The minimum absolute atomic E-state index is 0.144. The summed E-state index contributed by atoms with van der Waals surface area (Å²) < 4.78 is 4.81. The zero-order valence-corrected chi connectivity index (χ0v) is 11.3. The fraction of sp³-hybridized carbons (Fsp3) is 0.417. The molecule has 0 spiro atoms. The average Bonchev–Trinajstić information content (AvgIpc) is 2.47. The van der Waals surface area contributed by atoms with Crippen LogP contribution in [-0.2, 0) is 9.53 Å². The molecule has 0 aliphatic carbocycles. The van der Waals surface area contributed by atoms with E-state index in [9.17, 15) is 9.59 Å². The van der Waals surface area contributed by atoms with Crippen LogP contribution in [0.25, 0.3) is 0 Å². The van der Waals surface area contributed by atoms with Crippen LogP contribution >= 0.6 is 0 Å². The van der Waals surface area contributed by atoms with Crippen LogP contribution in [0.4, 0.5) is 5.69 Å². The van der Waals surface area contributed by atoms with E-state index in [1.165, 1.54) is 12.4 Å². The molecular weight excluding hydrogens is 262 g/mol. The lowest BCUT2D eigenvalue weighted by molar-refractivity contribution is -0.121. The molecule has 1 rings (SSSR count). The number of nitrogens with two attached hydrogens (primary N) is 1. The van der Waals surface area contributed by atoms with Gasteiger partial charge in [-0.1, -0.05) is 0 Å². The van der Waals surface area contributed by atoms with Crippen molar-refractivity contribution in [2.75, 3.05) is 32.2 Å². The molecule has 0 fully saturated rings. The van der Waals surface area contributed by atoms with Crippen molar-refractivity contribution in [3.05, 3.63) is 24.0 Å². The first-order valence-corrected chi connectivity index (χ1v) is 6.13. The van der Waals surface area contributed by atoms with Crippen molar-refractivity contribution in [1.29, 1.82) is 0 Å². The number of carbonyl (C=O) groups is 2. The molecule has 1 heterocycles. The van der Waals surface area contributed by atoms with E-state index in [4.69, 9.17) is 10.6 Å². The topological polar surface area (TPSA) is 118 Å². The maximum Gasteiger partial charge on any atom is 0.253 e. The standard InChI is InChI=1S/C12H19N5O3/c1-20-7-6-15-11(18)3-5-16-12(19)9-2-4-14-8-10(9)17-13/h2,4,8,17H,3,5-7,13H2,1H3,(H,15,18)(H,16,19). The lowest BCUT2D eigenvalue weighted by atomic mass is 10.2. The van der Waals surface area contributed by atoms with Gasteiger partial charge >= 0.3 is 0 Å². The first-order valence-electron chi connectivity index (χ1n) is 6.13. The molecule has 1 aromatic heterocycles. The minimum atomic E-state index is -0.315. The maximum absolute atomic E-state index is 11.9. The SMILES string of the molecule is COCCNC(=O)CCNC(=O)c1ccncc1NN. The Morgan fingerprint density at radius 1 is 1.35 bits per heavy atom. The Kier molecular flexibility index (Phi) is 7.01. The molecule has 8 heteroatoms. The molecule has 0 saturated carbocycles. The second-order valence-corrected chi connectivity index (χ2v) is 3.91. The Labute approximate surface area is 117 Å². The molecule has 5 N–H and O–H groups in total. The van der Waals surface area contributed by atoms with Crippen LogP contribution in [0.15, 0.2) is 18.5 Å². The second-order valence-electron chi connectivity index (χ2n) is 3.91. The van der Waals surface area contributed by atoms with Crippen molar-refractivity contribution in [2.24, 2.45) is 5.84 Å². The van der Waals surface area contributed by atoms with Crippen molar-refractivity contribution in [3.63, 3.8) is 0 Å².